The molecule has 112 valence electrons. The van der Waals surface area contributed by atoms with Crippen molar-refractivity contribution in [3.05, 3.63) is 23.8 Å². The lowest BCUT2D eigenvalue weighted by atomic mass is 10.2. The summed E-state index contributed by atoms with van der Waals surface area (Å²) in [5.74, 6) is -0.212. The number of benzene rings is 1. The molecule has 0 bridgehead atoms. The number of carbonyl (C=O) groups excluding carboxylic acids is 1. The Balaban J connectivity index is 2.64. The Bertz CT molecular complexity index is 491. The second kappa shape index (κ2) is 8.01. The molecule has 0 heterocycles. The van der Waals surface area contributed by atoms with Gasteiger partial charge in [-0.1, -0.05) is 0 Å². The molecule has 1 rings (SSSR count). The molecule has 0 spiro atoms. The van der Waals surface area contributed by atoms with E-state index in [4.69, 9.17) is 10.5 Å². The number of ether oxygens (including phenoxy) is 1. The predicted molar refractivity (Wildman–Crippen MR) is 81.0 cm³/mol. The van der Waals surface area contributed by atoms with E-state index in [1.165, 1.54) is 0 Å². The summed E-state index contributed by atoms with van der Waals surface area (Å²) in [7, 11) is 0.230. The van der Waals surface area contributed by atoms with Gasteiger partial charge in [0, 0.05) is 30.8 Å². The van der Waals surface area contributed by atoms with Gasteiger partial charge in [-0.2, -0.15) is 0 Å². The number of hydrogen-bond acceptors (Lipinski definition) is 4. The van der Waals surface area contributed by atoms with Crippen LogP contribution in [-0.4, -0.2) is 35.6 Å². The average Bonchev–Trinajstić information content (AvgIpc) is 2.42. The Hall–Kier alpha value is -1.40. The van der Waals surface area contributed by atoms with Gasteiger partial charge in [-0.3, -0.25) is 9.00 Å². The summed E-state index contributed by atoms with van der Waals surface area (Å²) < 4.78 is 17.3. The summed E-state index contributed by atoms with van der Waals surface area (Å²) in [5.41, 5.74) is 7.13. The van der Waals surface area contributed by atoms with Gasteiger partial charge in [-0.15, -0.1) is 0 Å². The summed E-state index contributed by atoms with van der Waals surface area (Å²) in [6, 6.07) is 5.18. The fraction of sp³-hybridized carbons (Fsp3) is 0.500. The minimum atomic E-state index is -1.38. The summed E-state index contributed by atoms with van der Waals surface area (Å²) in [4.78, 5) is 12.6. The Kier molecular flexibility index (Phi) is 6.67. The molecule has 0 radical (unpaired) electrons. The van der Waals surface area contributed by atoms with Crippen molar-refractivity contribution in [2.45, 2.75) is 30.4 Å². The summed E-state index contributed by atoms with van der Waals surface area (Å²) in [6.45, 7) is 4.62. The van der Waals surface area contributed by atoms with Gasteiger partial charge in [0.25, 0.3) is 0 Å². The molecule has 0 aliphatic carbocycles. The number of rotatable bonds is 7. The molecule has 0 aliphatic rings. The standard InChI is InChI=1S/C14H22N2O3S/c1-10-9-12(15)5-6-13(10)20(18)11(2)14(17)16-7-4-8-19-3/h5-6,9,11H,4,7-8,15H2,1-3H3,(H,16,17). The first-order valence-corrected chi connectivity index (χ1v) is 7.72. The average molecular weight is 298 g/mol. The predicted octanol–water partition coefficient (Wildman–Crippen LogP) is 1.23. The van der Waals surface area contributed by atoms with E-state index < -0.39 is 16.0 Å². The third-order valence-corrected chi connectivity index (χ3v) is 4.68. The number of amides is 1. The minimum absolute atomic E-state index is 0.212. The van der Waals surface area contributed by atoms with Crippen molar-refractivity contribution in [1.29, 1.82) is 0 Å². The van der Waals surface area contributed by atoms with Crippen LogP contribution in [0, 0.1) is 6.92 Å². The van der Waals surface area contributed by atoms with Crippen molar-refractivity contribution < 1.29 is 13.7 Å². The molecule has 6 heteroatoms. The number of nitrogen functional groups attached to an aromatic ring is 1. The molecule has 0 fully saturated rings. The Morgan fingerprint density at radius 2 is 2.20 bits per heavy atom. The van der Waals surface area contributed by atoms with Crippen molar-refractivity contribution >= 4 is 22.4 Å². The van der Waals surface area contributed by atoms with E-state index in [-0.39, 0.29) is 5.91 Å². The van der Waals surface area contributed by atoms with E-state index in [2.05, 4.69) is 5.32 Å². The molecule has 1 aromatic rings. The minimum Gasteiger partial charge on any atom is -0.399 e. The van der Waals surface area contributed by atoms with Crippen molar-refractivity contribution in [2.24, 2.45) is 0 Å². The zero-order valence-electron chi connectivity index (χ0n) is 12.1. The highest BCUT2D eigenvalue weighted by atomic mass is 32.2. The normalized spacial score (nSPS) is 13.8. The molecule has 1 amide bonds. The number of hydrogen-bond donors (Lipinski definition) is 2. The molecule has 2 atom stereocenters. The highest BCUT2D eigenvalue weighted by Gasteiger charge is 2.22. The van der Waals surface area contributed by atoms with Crippen LogP contribution in [0.15, 0.2) is 23.1 Å². The van der Waals surface area contributed by atoms with Gasteiger partial charge in [0.05, 0.1) is 10.8 Å². The molecule has 0 aromatic heterocycles. The van der Waals surface area contributed by atoms with Crippen molar-refractivity contribution in [1.82, 2.24) is 5.32 Å². The van der Waals surface area contributed by atoms with E-state index in [0.29, 0.717) is 23.7 Å². The number of nitrogens with two attached hydrogens (primary N) is 1. The van der Waals surface area contributed by atoms with Gasteiger partial charge in [0.2, 0.25) is 5.91 Å². The van der Waals surface area contributed by atoms with Crippen molar-refractivity contribution in [3.63, 3.8) is 0 Å². The van der Waals surface area contributed by atoms with Crippen LogP contribution in [0.5, 0.6) is 0 Å². The Labute approximate surface area is 122 Å². The molecule has 20 heavy (non-hydrogen) atoms. The SMILES string of the molecule is COCCCNC(=O)C(C)S(=O)c1ccc(N)cc1C. The van der Waals surface area contributed by atoms with Crippen molar-refractivity contribution in [2.75, 3.05) is 26.0 Å². The number of methoxy groups -OCH3 is 1. The molecule has 0 saturated carbocycles. The first-order valence-electron chi connectivity index (χ1n) is 6.50. The molecular weight excluding hydrogens is 276 g/mol. The fourth-order valence-corrected chi connectivity index (χ4v) is 2.99. The van der Waals surface area contributed by atoms with Crippen LogP contribution in [0.1, 0.15) is 18.9 Å². The smallest absolute Gasteiger partial charge is 0.235 e. The van der Waals surface area contributed by atoms with E-state index in [9.17, 15) is 9.00 Å². The number of carbonyl (C=O) groups is 1. The second-order valence-corrected chi connectivity index (χ2v) is 6.34. The fourth-order valence-electron chi connectivity index (χ4n) is 1.76. The van der Waals surface area contributed by atoms with Gasteiger partial charge in [-0.05, 0) is 44.0 Å². The van der Waals surface area contributed by atoms with E-state index >= 15 is 0 Å². The Morgan fingerprint density at radius 1 is 1.50 bits per heavy atom. The quantitative estimate of drug-likeness (QED) is 0.586. The summed E-state index contributed by atoms with van der Waals surface area (Å²) in [6.07, 6.45) is 0.739. The zero-order valence-corrected chi connectivity index (χ0v) is 13.0. The largest absolute Gasteiger partial charge is 0.399 e. The molecule has 0 saturated heterocycles. The van der Waals surface area contributed by atoms with E-state index in [1.54, 1.807) is 32.2 Å². The van der Waals surface area contributed by atoms with Crippen LogP contribution in [-0.2, 0) is 20.3 Å². The number of aryl methyl sites for hydroxylation is 1. The van der Waals surface area contributed by atoms with Gasteiger partial charge >= 0.3 is 0 Å². The molecule has 3 N–H and O–H groups in total. The first-order chi connectivity index (χ1) is 9.47. The third-order valence-electron chi connectivity index (χ3n) is 2.93. The molecule has 2 unspecified atom stereocenters. The van der Waals surface area contributed by atoms with Crippen LogP contribution >= 0.6 is 0 Å². The van der Waals surface area contributed by atoms with Crippen LogP contribution in [0.2, 0.25) is 0 Å². The van der Waals surface area contributed by atoms with Gasteiger partial charge in [0.1, 0.15) is 5.25 Å². The van der Waals surface area contributed by atoms with E-state index in [0.717, 1.165) is 12.0 Å². The van der Waals surface area contributed by atoms with Gasteiger partial charge < -0.3 is 15.8 Å². The van der Waals surface area contributed by atoms with Crippen molar-refractivity contribution in [3.8, 4) is 0 Å². The lowest BCUT2D eigenvalue weighted by Crippen LogP contribution is -2.36. The zero-order chi connectivity index (χ0) is 15.1. The lowest BCUT2D eigenvalue weighted by molar-refractivity contribution is -0.120. The Morgan fingerprint density at radius 3 is 2.80 bits per heavy atom. The molecular formula is C14H22N2O3S. The maximum atomic E-state index is 12.4. The first kappa shape index (κ1) is 16.7. The summed E-state index contributed by atoms with van der Waals surface area (Å²) in [5, 5.41) is 2.16. The van der Waals surface area contributed by atoms with E-state index in [1.807, 2.05) is 6.92 Å². The molecule has 5 nitrogen and oxygen atoms in total. The maximum absolute atomic E-state index is 12.4. The van der Waals surface area contributed by atoms with Crippen LogP contribution in [0.3, 0.4) is 0 Å². The van der Waals surface area contributed by atoms with Gasteiger partial charge in [0.15, 0.2) is 0 Å². The number of nitrogens with one attached hydrogen (secondary N) is 1. The molecule has 0 aliphatic heterocycles. The summed E-state index contributed by atoms with van der Waals surface area (Å²) >= 11 is 0. The third kappa shape index (κ3) is 4.61. The lowest BCUT2D eigenvalue weighted by Gasteiger charge is -2.14. The highest BCUT2D eigenvalue weighted by molar-refractivity contribution is 7.86. The molecule has 1 aromatic carbocycles. The van der Waals surface area contributed by atoms with Crippen LogP contribution in [0.25, 0.3) is 0 Å². The second-order valence-electron chi connectivity index (χ2n) is 4.60. The maximum Gasteiger partial charge on any atom is 0.235 e. The monoisotopic (exact) mass is 298 g/mol. The van der Waals surface area contributed by atoms with Crippen LogP contribution in [0.4, 0.5) is 5.69 Å². The topological polar surface area (TPSA) is 81.4 Å². The highest BCUT2D eigenvalue weighted by Crippen LogP contribution is 2.19. The van der Waals surface area contributed by atoms with Gasteiger partial charge in [-0.25, -0.2) is 0 Å². The van der Waals surface area contributed by atoms with Crippen LogP contribution < -0.4 is 11.1 Å². The number of anilines is 1.